The molecule has 9 aromatic rings. The van der Waals surface area contributed by atoms with E-state index < -0.39 is 5.41 Å². The van der Waals surface area contributed by atoms with Crippen LogP contribution >= 0.6 is 11.8 Å². The molecular formula is C47H28N2OS. The Bertz CT molecular complexity index is 2740. The van der Waals surface area contributed by atoms with Crippen molar-refractivity contribution in [2.24, 2.45) is 0 Å². The summed E-state index contributed by atoms with van der Waals surface area (Å²) in [5.74, 6) is 0.708. The SMILES string of the molecule is c1ccc(-c2cc(-c3ccc4c(c3)-c3c(ccc5oc6ccccc6c35)C43c4ccccc4Sc4ccccc43)nc(-c3ccccc3)n2)cc1. The number of furan rings is 1. The Kier molecular flexibility index (Phi) is 6.10. The zero-order chi connectivity index (χ0) is 33.5. The first-order chi connectivity index (χ1) is 25.3. The number of nitrogens with zero attached hydrogens (tertiary/aromatic N) is 2. The largest absolute Gasteiger partial charge is 0.456 e. The average Bonchev–Trinajstić information content (AvgIpc) is 3.72. The first-order valence-corrected chi connectivity index (χ1v) is 18.1. The highest BCUT2D eigenvalue weighted by atomic mass is 32.2. The second-order valence-electron chi connectivity index (χ2n) is 13.3. The summed E-state index contributed by atoms with van der Waals surface area (Å²) >= 11 is 1.86. The highest BCUT2D eigenvalue weighted by Gasteiger charge is 2.51. The van der Waals surface area contributed by atoms with Gasteiger partial charge in [0.15, 0.2) is 5.82 Å². The molecule has 0 saturated heterocycles. The van der Waals surface area contributed by atoms with E-state index in [9.17, 15) is 0 Å². The van der Waals surface area contributed by atoms with Crippen LogP contribution in [-0.2, 0) is 5.41 Å². The molecule has 11 rings (SSSR count). The predicted molar refractivity (Wildman–Crippen MR) is 207 cm³/mol. The lowest BCUT2D eigenvalue weighted by Gasteiger charge is -2.39. The van der Waals surface area contributed by atoms with Crippen molar-refractivity contribution in [3.63, 3.8) is 0 Å². The molecule has 1 aliphatic carbocycles. The van der Waals surface area contributed by atoms with Crippen molar-refractivity contribution >= 4 is 33.7 Å². The summed E-state index contributed by atoms with van der Waals surface area (Å²) in [6, 6.07) is 60.5. The molecule has 0 saturated carbocycles. The quantitative estimate of drug-likeness (QED) is 0.188. The molecule has 0 bridgehead atoms. The third-order valence-corrected chi connectivity index (χ3v) is 11.7. The van der Waals surface area contributed by atoms with Crippen molar-refractivity contribution in [1.82, 2.24) is 9.97 Å². The average molecular weight is 669 g/mol. The number of hydrogen-bond donors (Lipinski definition) is 0. The summed E-state index contributed by atoms with van der Waals surface area (Å²) in [7, 11) is 0. The van der Waals surface area contributed by atoms with E-state index in [1.165, 1.54) is 43.2 Å². The third kappa shape index (κ3) is 4.08. The molecule has 0 fully saturated rings. The van der Waals surface area contributed by atoms with Crippen LogP contribution in [-0.4, -0.2) is 9.97 Å². The standard InChI is InChI=1S/C47H28N2OS/c1-3-13-29(14-4-1)38-28-39(49-46(48-38)30-15-5-2-6-16-30)31-23-24-34-33(27-31)44-37(25-26-41-45(44)32-17-7-10-20-40(32)50-41)47(34)35-18-8-11-21-42(35)51-43-22-12-9-19-36(43)47/h1-28H. The minimum Gasteiger partial charge on any atom is -0.456 e. The van der Waals surface area contributed by atoms with Crippen molar-refractivity contribution in [2.75, 3.05) is 0 Å². The van der Waals surface area contributed by atoms with Crippen molar-refractivity contribution in [2.45, 2.75) is 15.2 Å². The summed E-state index contributed by atoms with van der Waals surface area (Å²) < 4.78 is 6.53. The maximum Gasteiger partial charge on any atom is 0.160 e. The molecule has 7 aromatic carbocycles. The number of hydrogen-bond acceptors (Lipinski definition) is 4. The Hall–Kier alpha value is -6.23. The number of para-hydroxylation sites is 1. The maximum atomic E-state index is 6.53. The molecule has 2 aliphatic rings. The first-order valence-electron chi connectivity index (χ1n) is 17.2. The van der Waals surface area contributed by atoms with Gasteiger partial charge in [0.25, 0.3) is 0 Å². The Labute approximate surface area is 299 Å². The van der Waals surface area contributed by atoms with Gasteiger partial charge < -0.3 is 4.42 Å². The smallest absolute Gasteiger partial charge is 0.160 e. The van der Waals surface area contributed by atoms with Gasteiger partial charge in [0, 0.05) is 37.3 Å². The molecule has 3 nitrogen and oxygen atoms in total. The van der Waals surface area contributed by atoms with Gasteiger partial charge in [-0.25, -0.2) is 9.97 Å². The van der Waals surface area contributed by atoms with Crippen LogP contribution in [0.4, 0.5) is 0 Å². The van der Waals surface area contributed by atoms with E-state index >= 15 is 0 Å². The molecule has 51 heavy (non-hydrogen) atoms. The van der Waals surface area contributed by atoms with Crippen molar-refractivity contribution in [3.8, 4) is 45.0 Å². The Balaban J connectivity index is 1.24. The van der Waals surface area contributed by atoms with Crippen LogP contribution in [0, 0.1) is 0 Å². The number of fused-ring (bicyclic) bond motifs is 13. The van der Waals surface area contributed by atoms with Gasteiger partial charge in [-0.15, -0.1) is 0 Å². The summed E-state index contributed by atoms with van der Waals surface area (Å²) in [6.07, 6.45) is 0. The van der Waals surface area contributed by atoms with Gasteiger partial charge in [-0.3, -0.25) is 0 Å². The molecule has 4 heteroatoms. The molecule has 0 radical (unpaired) electrons. The second kappa shape index (κ2) is 10.9. The van der Waals surface area contributed by atoms with E-state index in [1.54, 1.807) is 0 Å². The highest BCUT2D eigenvalue weighted by Crippen LogP contribution is 2.64. The molecule has 0 atom stereocenters. The van der Waals surface area contributed by atoms with Crippen molar-refractivity contribution in [3.05, 3.63) is 192 Å². The number of rotatable bonds is 3. The van der Waals surface area contributed by atoms with E-state index in [-0.39, 0.29) is 0 Å². The van der Waals surface area contributed by atoms with Gasteiger partial charge >= 0.3 is 0 Å². The van der Waals surface area contributed by atoms with Crippen LogP contribution in [0.2, 0.25) is 0 Å². The lowest BCUT2D eigenvalue weighted by atomic mass is 9.67. The minimum atomic E-state index is -0.496. The van der Waals surface area contributed by atoms with Gasteiger partial charge in [0.05, 0.1) is 16.8 Å². The van der Waals surface area contributed by atoms with Crippen LogP contribution in [0.3, 0.4) is 0 Å². The van der Waals surface area contributed by atoms with Gasteiger partial charge in [-0.05, 0) is 69.8 Å². The summed E-state index contributed by atoms with van der Waals surface area (Å²) in [6.45, 7) is 0. The topological polar surface area (TPSA) is 38.9 Å². The lowest BCUT2D eigenvalue weighted by Crippen LogP contribution is -2.31. The highest BCUT2D eigenvalue weighted by molar-refractivity contribution is 7.99. The van der Waals surface area contributed by atoms with Crippen molar-refractivity contribution < 1.29 is 4.42 Å². The molecular weight excluding hydrogens is 641 g/mol. The zero-order valence-electron chi connectivity index (χ0n) is 27.4. The molecule has 1 spiro atoms. The normalized spacial score (nSPS) is 13.6. The minimum absolute atomic E-state index is 0.496. The lowest BCUT2D eigenvalue weighted by molar-refractivity contribution is 0.668. The fraction of sp³-hybridized carbons (Fsp3) is 0.0213. The zero-order valence-corrected chi connectivity index (χ0v) is 28.2. The first kappa shape index (κ1) is 28.6. The summed E-state index contributed by atoms with van der Waals surface area (Å²) in [4.78, 5) is 12.9. The van der Waals surface area contributed by atoms with E-state index in [1.807, 2.05) is 42.1 Å². The second-order valence-corrected chi connectivity index (χ2v) is 14.3. The van der Waals surface area contributed by atoms with E-state index in [0.717, 1.165) is 50.0 Å². The Morgan fingerprint density at radius 3 is 1.80 bits per heavy atom. The van der Waals surface area contributed by atoms with E-state index in [2.05, 4.69) is 140 Å². The molecule has 0 amide bonds. The van der Waals surface area contributed by atoms with Crippen LogP contribution < -0.4 is 0 Å². The Morgan fingerprint density at radius 1 is 0.451 bits per heavy atom. The number of benzene rings is 7. The molecule has 0 N–H and O–H groups in total. The van der Waals surface area contributed by atoms with Gasteiger partial charge in [0.2, 0.25) is 0 Å². The molecule has 3 heterocycles. The fourth-order valence-electron chi connectivity index (χ4n) is 8.43. The van der Waals surface area contributed by atoms with E-state index in [4.69, 9.17) is 14.4 Å². The van der Waals surface area contributed by atoms with Gasteiger partial charge in [0.1, 0.15) is 11.2 Å². The molecule has 238 valence electrons. The summed E-state index contributed by atoms with van der Waals surface area (Å²) in [5.41, 5.74) is 13.8. The molecule has 0 unspecified atom stereocenters. The van der Waals surface area contributed by atoms with Crippen LogP contribution in [0.1, 0.15) is 22.3 Å². The van der Waals surface area contributed by atoms with Gasteiger partial charge in [-0.2, -0.15) is 0 Å². The molecule has 1 aliphatic heterocycles. The van der Waals surface area contributed by atoms with E-state index in [0.29, 0.717) is 5.82 Å². The van der Waals surface area contributed by atoms with Crippen LogP contribution in [0.5, 0.6) is 0 Å². The Morgan fingerprint density at radius 2 is 1.06 bits per heavy atom. The monoisotopic (exact) mass is 668 g/mol. The maximum absolute atomic E-state index is 6.53. The van der Waals surface area contributed by atoms with Crippen LogP contribution in [0.25, 0.3) is 67.0 Å². The third-order valence-electron chi connectivity index (χ3n) is 10.6. The van der Waals surface area contributed by atoms with Gasteiger partial charge in [-0.1, -0.05) is 145 Å². The predicted octanol–water partition coefficient (Wildman–Crippen LogP) is 12.2. The molecule has 2 aromatic heterocycles. The van der Waals surface area contributed by atoms with Crippen molar-refractivity contribution in [1.29, 1.82) is 0 Å². The number of aromatic nitrogens is 2. The summed E-state index contributed by atoms with van der Waals surface area (Å²) in [5, 5.41) is 2.29. The fourth-order valence-corrected chi connectivity index (χ4v) is 9.63. The van der Waals surface area contributed by atoms with Crippen LogP contribution in [0.15, 0.2) is 184 Å².